The summed E-state index contributed by atoms with van der Waals surface area (Å²) < 4.78 is 0. The highest BCUT2D eigenvalue weighted by atomic mass is 16.2. The molecule has 2 amide bonds. The molecule has 2 N–H and O–H groups in total. The summed E-state index contributed by atoms with van der Waals surface area (Å²) in [6.45, 7) is 14.0. The lowest BCUT2D eigenvalue weighted by Gasteiger charge is -2.36. The van der Waals surface area contributed by atoms with Crippen LogP contribution in [0.5, 0.6) is 0 Å². The standard InChI is InChI=1S/C30H54N4O2/c1-7-29(3,4)23-15-19-25(20-16-23)31-33-27(35)13-11-9-10-12-14-28(36)34-32-26-21-17-24(18-22-26)30(5,6)8-2/h23-24H,7-22H2,1-6H3,(H,33,35)(H,34,36). The summed E-state index contributed by atoms with van der Waals surface area (Å²) in [5.41, 5.74) is 8.59. The predicted octanol–water partition coefficient (Wildman–Crippen LogP) is 7.52. The number of carbonyl (C=O) groups is 2. The number of rotatable bonds is 13. The van der Waals surface area contributed by atoms with Crippen LogP contribution in [0.1, 0.15) is 144 Å². The fourth-order valence-corrected chi connectivity index (χ4v) is 5.59. The van der Waals surface area contributed by atoms with Crippen LogP contribution in [-0.2, 0) is 9.59 Å². The van der Waals surface area contributed by atoms with E-state index in [1.54, 1.807) is 0 Å². The molecule has 0 saturated heterocycles. The van der Waals surface area contributed by atoms with Gasteiger partial charge in [0.1, 0.15) is 0 Å². The maximum Gasteiger partial charge on any atom is 0.240 e. The predicted molar refractivity (Wildman–Crippen MR) is 151 cm³/mol. The zero-order chi connectivity index (χ0) is 26.6. The molecule has 2 aliphatic carbocycles. The van der Waals surface area contributed by atoms with E-state index in [2.05, 4.69) is 62.6 Å². The number of hydrazone groups is 2. The highest BCUT2D eigenvalue weighted by Gasteiger charge is 2.31. The van der Waals surface area contributed by atoms with Gasteiger partial charge in [-0.1, -0.05) is 67.2 Å². The maximum absolute atomic E-state index is 12.1. The zero-order valence-electron chi connectivity index (χ0n) is 24.2. The Morgan fingerprint density at radius 2 is 1.00 bits per heavy atom. The van der Waals surface area contributed by atoms with Crippen LogP contribution in [0, 0.1) is 22.7 Å². The lowest BCUT2D eigenvalue weighted by Crippen LogP contribution is -2.29. The molecule has 2 fully saturated rings. The average Bonchev–Trinajstić information content (AvgIpc) is 2.88. The Morgan fingerprint density at radius 1 is 0.667 bits per heavy atom. The highest BCUT2D eigenvalue weighted by Crippen LogP contribution is 2.40. The first-order chi connectivity index (χ1) is 17.1. The summed E-state index contributed by atoms with van der Waals surface area (Å²) >= 11 is 0. The Morgan fingerprint density at radius 3 is 1.31 bits per heavy atom. The van der Waals surface area contributed by atoms with Gasteiger partial charge < -0.3 is 0 Å². The first kappa shape index (κ1) is 30.5. The largest absolute Gasteiger partial charge is 0.273 e. The smallest absolute Gasteiger partial charge is 0.240 e. The Balaban J connectivity index is 1.50. The van der Waals surface area contributed by atoms with Gasteiger partial charge in [0.05, 0.1) is 0 Å². The Hall–Kier alpha value is -1.72. The normalized spacial score (nSPS) is 21.2. The van der Waals surface area contributed by atoms with Gasteiger partial charge >= 0.3 is 0 Å². The molecule has 0 aromatic rings. The molecule has 2 aliphatic rings. The van der Waals surface area contributed by atoms with Gasteiger partial charge in [0, 0.05) is 24.3 Å². The number of hydrogen-bond acceptors (Lipinski definition) is 4. The Kier molecular flexibility index (Phi) is 12.6. The van der Waals surface area contributed by atoms with E-state index < -0.39 is 0 Å². The van der Waals surface area contributed by atoms with E-state index in [1.165, 1.54) is 38.5 Å². The van der Waals surface area contributed by atoms with Crippen molar-refractivity contribution >= 4 is 23.2 Å². The van der Waals surface area contributed by atoms with Gasteiger partial charge in [-0.2, -0.15) is 10.2 Å². The molecular formula is C30H54N4O2. The van der Waals surface area contributed by atoms with Gasteiger partial charge in [-0.3, -0.25) is 9.59 Å². The van der Waals surface area contributed by atoms with Crippen LogP contribution in [0.15, 0.2) is 10.2 Å². The number of carbonyl (C=O) groups excluding carboxylic acids is 2. The maximum atomic E-state index is 12.1. The molecule has 0 spiro atoms. The summed E-state index contributed by atoms with van der Waals surface area (Å²) in [5, 5.41) is 8.79. The molecule has 0 aliphatic heterocycles. The average molecular weight is 503 g/mol. The summed E-state index contributed by atoms with van der Waals surface area (Å²) in [4.78, 5) is 24.3. The molecular weight excluding hydrogens is 448 g/mol. The molecule has 0 atom stereocenters. The highest BCUT2D eigenvalue weighted by molar-refractivity contribution is 5.87. The number of amides is 2. The summed E-state index contributed by atoms with van der Waals surface area (Å²) in [6.07, 6.45) is 15.7. The second kappa shape index (κ2) is 14.9. The SMILES string of the molecule is CCC(C)(C)C1CCC(=NNC(=O)CCCCCCC(=O)NN=C2CCC(C(C)(C)CC)CC2)CC1. The van der Waals surface area contributed by atoms with Gasteiger partial charge in [0.25, 0.3) is 0 Å². The number of hydrogen-bond donors (Lipinski definition) is 2. The van der Waals surface area contributed by atoms with Gasteiger partial charge in [-0.15, -0.1) is 0 Å². The first-order valence-electron chi connectivity index (χ1n) is 14.8. The van der Waals surface area contributed by atoms with E-state index >= 15 is 0 Å². The molecule has 206 valence electrons. The van der Waals surface area contributed by atoms with Gasteiger partial charge in [0.15, 0.2) is 0 Å². The van der Waals surface area contributed by atoms with E-state index in [1.807, 2.05) is 0 Å². The lowest BCUT2D eigenvalue weighted by atomic mass is 9.69. The summed E-state index contributed by atoms with van der Waals surface area (Å²) in [5.74, 6) is 1.52. The quantitative estimate of drug-likeness (QED) is 0.202. The van der Waals surface area contributed by atoms with Crippen molar-refractivity contribution in [2.75, 3.05) is 0 Å². The summed E-state index contributed by atoms with van der Waals surface area (Å²) in [7, 11) is 0. The minimum Gasteiger partial charge on any atom is -0.273 e. The second-order valence-electron chi connectivity index (χ2n) is 12.6. The topological polar surface area (TPSA) is 82.9 Å². The van der Waals surface area contributed by atoms with Crippen molar-refractivity contribution in [3.05, 3.63) is 0 Å². The van der Waals surface area contributed by atoms with E-state index in [9.17, 15) is 9.59 Å². The molecule has 0 bridgehead atoms. The molecule has 6 heteroatoms. The van der Waals surface area contributed by atoms with Crippen molar-refractivity contribution in [2.24, 2.45) is 32.9 Å². The van der Waals surface area contributed by atoms with Crippen molar-refractivity contribution in [1.29, 1.82) is 0 Å². The zero-order valence-corrected chi connectivity index (χ0v) is 24.2. The molecule has 2 rings (SSSR count). The third-order valence-electron chi connectivity index (χ3n) is 9.39. The minimum atomic E-state index is 0.00382. The number of nitrogens with zero attached hydrogens (tertiary/aromatic N) is 2. The van der Waals surface area contributed by atoms with E-state index in [-0.39, 0.29) is 11.8 Å². The molecule has 0 aromatic heterocycles. The van der Waals surface area contributed by atoms with Gasteiger partial charge in [-0.25, -0.2) is 10.9 Å². The Bertz CT molecular complexity index is 685. The van der Waals surface area contributed by atoms with Crippen LogP contribution >= 0.6 is 0 Å². The molecule has 6 nitrogen and oxygen atoms in total. The Labute approximate surface area is 220 Å². The van der Waals surface area contributed by atoms with Crippen molar-refractivity contribution in [3.63, 3.8) is 0 Å². The number of unbranched alkanes of at least 4 members (excludes halogenated alkanes) is 3. The fraction of sp³-hybridized carbons (Fsp3) is 0.867. The van der Waals surface area contributed by atoms with Crippen LogP contribution in [-0.4, -0.2) is 23.2 Å². The summed E-state index contributed by atoms with van der Waals surface area (Å²) in [6, 6.07) is 0. The van der Waals surface area contributed by atoms with Crippen LogP contribution in [0.25, 0.3) is 0 Å². The van der Waals surface area contributed by atoms with Crippen LogP contribution < -0.4 is 10.9 Å². The molecule has 0 heterocycles. The van der Waals surface area contributed by atoms with Crippen molar-refractivity contribution in [1.82, 2.24) is 10.9 Å². The molecule has 0 radical (unpaired) electrons. The molecule has 0 aromatic carbocycles. The van der Waals surface area contributed by atoms with Gasteiger partial charge in [-0.05, 0) is 86.9 Å². The molecule has 0 unspecified atom stereocenters. The van der Waals surface area contributed by atoms with Gasteiger partial charge in [0.2, 0.25) is 11.8 Å². The first-order valence-corrected chi connectivity index (χ1v) is 14.8. The van der Waals surface area contributed by atoms with Crippen LogP contribution in [0.3, 0.4) is 0 Å². The third-order valence-corrected chi connectivity index (χ3v) is 9.39. The van der Waals surface area contributed by atoms with Crippen LogP contribution in [0.4, 0.5) is 0 Å². The second-order valence-corrected chi connectivity index (χ2v) is 12.6. The fourth-order valence-electron chi connectivity index (χ4n) is 5.59. The third kappa shape index (κ3) is 10.3. The molecule has 36 heavy (non-hydrogen) atoms. The van der Waals surface area contributed by atoms with Crippen molar-refractivity contribution in [3.8, 4) is 0 Å². The monoisotopic (exact) mass is 502 g/mol. The number of nitrogens with one attached hydrogen (secondary N) is 2. The van der Waals surface area contributed by atoms with E-state index in [4.69, 9.17) is 0 Å². The van der Waals surface area contributed by atoms with E-state index in [0.717, 1.165) is 74.6 Å². The van der Waals surface area contributed by atoms with E-state index in [0.29, 0.717) is 23.7 Å². The van der Waals surface area contributed by atoms with Crippen molar-refractivity contribution in [2.45, 2.75) is 144 Å². The van der Waals surface area contributed by atoms with Crippen molar-refractivity contribution < 1.29 is 9.59 Å². The van der Waals surface area contributed by atoms with Crippen LogP contribution in [0.2, 0.25) is 0 Å². The minimum absolute atomic E-state index is 0.00382. The molecule has 2 saturated carbocycles. The lowest BCUT2D eigenvalue weighted by molar-refractivity contribution is -0.122.